The zero-order valence-corrected chi connectivity index (χ0v) is 12.3. The summed E-state index contributed by atoms with van der Waals surface area (Å²) in [4.78, 5) is 16.3. The van der Waals surface area contributed by atoms with Crippen molar-refractivity contribution in [2.75, 3.05) is 5.75 Å². The zero-order chi connectivity index (χ0) is 11.8. The van der Waals surface area contributed by atoms with E-state index < -0.39 is 0 Å². The van der Waals surface area contributed by atoms with Crippen molar-refractivity contribution in [3.05, 3.63) is 25.9 Å². The third kappa shape index (κ3) is 2.16. The molecule has 0 radical (unpaired) electrons. The largest absolute Gasteiger partial charge is 0.298 e. The minimum atomic E-state index is 0.0844. The number of halogens is 1. The molecule has 1 aromatic rings. The summed E-state index contributed by atoms with van der Waals surface area (Å²) in [7, 11) is 0. The lowest BCUT2D eigenvalue weighted by atomic mass is 9.70. The summed E-state index contributed by atoms with van der Waals surface area (Å²) in [6, 6.07) is 0. The van der Waals surface area contributed by atoms with Gasteiger partial charge in [0.05, 0.1) is 15.6 Å². The lowest BCUT2D eigenvalue weighted by Crippen LogP contribution is -2.39. The van der Waals surface area contributed by atoms with Crippen LogP contribution in [0.4, 0.5) is 0 Å². The van der Waals surface area contributed by atoms with Gasteiger partial charge in [0.2, 0.25) is 0 Å². The van der Waals surface area contributed by atoms with Gasteiger partial charge in [0, 0.05) is 6.54 Å². The van der Waals surface area contributed by atoms with Crippen LogP contribution in [0.3, 0.4) is 0 Å². The van der Waals surface area contributed by atoms with Crippen LogP contribution in [0.2, 0.25) is 0 Å². The maximum atomic E-state index is 12.0. The van der Waals surface area contributed by atoms with Crippen LogP contribution in [0.15, 0.2) is 11.1 Å². The van der Waals surface area contributed by atoms with Gasteiger partial charge in [-0.3, -0.25) is 9.36 Å². The number of rotatable bonds is 3. The molecule has 1 fully saturated rings. The number of nitrogens with zero attached hydrogens (tertiary/aromatic N) is 2. The van der Waals surface area contributed by atoms with Crippen LogP contribution in [0, 0.1) is 15.9 Å². The van der Waals surface area contributed by atoms with E-state index in [1.807, 2.05) is 6.92 Å². The monoisotopic (exact) mass is 350 g/mol. The molecule has 16 heavy (non-hydrogen) atoms. The average Bonchev–Trinajstić information content (AvgIpc) is 2.23. The smallest absolute Gasteiger partial charge is 0.267 e. The van der Waals surface area contributed by atoms with Crippen LogP contribution < -0.4 is 5.56 Å². The Kier molecular flexibility index (Phi) is 3.63. The number of hydrogen-bond donors (Lipinski definition) is 1. The molecule has 88 valence electrons. The van der Waals surface area contributed by atoms with E-state index in [-0.39, 0.29) is 11.0 Å². The molecule has 2 rings (SSSR count). The second kappa shape index (κ2) is 4.68. The SMILES string of the molecule is Cc1ncn(CC2(CS)CCC2)c(=O)c1I. The molecular weight excluding hydrogens is 335 g/mol. The molecule has 3 nitrogen and oxygen atoms in total. The first-order valence-corrected chi connectivity index (χ1v) is 7.11. The molecular formula is C11H15IN2OS. The molecule has 0 atom stereocenters. The van der Waals surface area contributed by atoms with Gasteiger partial charge in [-0.05, 0) is 53.5 Å². The van der Waals surface area contributed by atoms with E-state index in [0.717, 1.165) is 21.6 Å². The molecule has 0 bridgehead atoms. The van der Waals surface area contributed by atoms with Crippen molar-refractivity contribution in [2.24, 2.45) is 5.41 Å². The molecule has 0 saturated heterocycles. The van der Waals surface area contributed by atoms with Crippen molar-refractivity contribution in [3.8, 4) is 0 Å². The molecule has 1 aromatic heterocycles. The highest BCUT2D eigenvalue weighted by atomic mass is 127. The van der Waals surface area contributed by atoms with Crippen LogP contribution in [-0.2, 0) is 6.54 Å². The fourth-order valence-electron chi connectivity index (χ4n) is 2.06. The molecule has 1 saturated carbocycles. The van der Waals surface area contributed by atoms with Crippen LogP contribution in [0.1, 0.15) is 25.0 Å². The third-order valence-electron chi connectivity index (χ3n) is 3.41. The van der Waals surface area contributed by atoms with Gasteiger partial charge in [-0.1, -0.05) is 6.42 Å². The van der Waals surface area contributed by atoms with Crippen molar-refractivity contribution in [2.45, 2.75) is 32.7 Å². The number of thiol groups is 1. The van der Waals surface area contributed by atoms with E-state index in [0.29, 0.717) is 0 Å². The molecule has 0 N–H and O–H groups in total. The normalized spacial score (nSPS) is 18.2. The molecule has 0 aromatic carbocycles. The van der Waals surface area contributed by atoms with Crippen molar-refractivity contribution >= 4 is 35.2 Å². The molecule has 1 heterocycles. The summed E-state index contributed by atoms with van der Waals surface area (Å²) in [5.74, 6) is 0.851. The second-order valence-electron chi connectivity index (χ2n) is 4.59. The first kappa shape index (κ1) is 12.4. The van der Waals surface area contributed by atoms with Gasteiger partial charge < -0.3 is 0 Å². The molecule has 0 spiro atoms. The topological polar surface area (TPSA) is 34.9 Å². The third-order valence-corrected chi connectivity index (χ3v) is 5.33. The van der Waals surface area contributed by atoms with Crippen LogP contribution in [0.5, 0.6) is 0 Å². The lowest BCUT2D eigenvalue weighted by Gasteiger charge is -2.41. The maximum absolute atomic E-state index is 12.0. The number of aryl methyl sites for hydroxylation is 1. The van der Waals surface area contributed by atoms with E-state index in [4.69, 9.17) is 0 Å². The zero-order valence-electron chi connectivity index (χ0n) is 9.24. The van der Waals surface area contributed by atoms with Crippen LogP contribution in [0.25, 0.3) is 0 Å². The van der Waals surface area contributed by atoms with Gasteiger partial charge in [0.1, 0.15) is 0 Å². The van der Waals surface area contributed by atoms with Gasteiger partial charge in [0.15, 0.2) is 0 Å². The van der Waals surface area contributed by atoms with Gasteiger partial charge in [-0.25, -0.2) is 4.98 Å². The maximum Gasteiger partial charge on any atom is 0.267 e. The Balaban J connectivity index is 2.29. The van der Waals surface area contributed by atoms with E-state index in [1.165, 1.54) is 19.3 Å². The first-order chi connectivity index (χ1) is 7.58. The summed E-state index contributed by atoms with van der Waals surface area (Å²) in [6.45, 7) is 2.63. The van der Waals surface area contributed by atoms with Crippen molar-refractivity contribution in [1.29, 1.82) is 0 Å². The standard InChI is InChI=1S/C11H15IN2OS/c1-8-9(12)10(15)14(7-13-8)5-11(6-16)3-2-4-11/h7,16H,2-6H2,1H3. The Morgan fingerprint density at radius 3 is 2.81 bits per heavy atom. The lowest BCUT2D eigenvalue weighted by molar-refractivity contribution is 0.136. The van der Waals surface area contributed by atoms with E-state index in [1.54, 1.807) is 10.9 Å². The van der Waals surface area contributed by atoms with Crippen molar-refractivity contribution in [3.63, 3.8) is 0 Å². The Morgan fingerprint density at radius 1 is 1.62 bits per heavy atom. The van der Waals surface area contributed by atoms with E-state index in [9.17, 15) is 4.79 Å². The second-order valence-corrected chi connectivity index (χ2v) is 5.98. The van der Waals surface area contributed by atoms with Crippen molar-refractivity contribution < 1.29 is 0 Å². The van der Waals surface area contributed by atoms with Crippen LogP contribution >= 0.6 is 35.2 Å². The minimum absolute atomic E-state index is 0.0844. The van der Waals surface area contributed by atoms with Gasteiger partial charge in [-0.2, -0.15) is 12.6 Å². The predicted octanol–water partition coefficient (Wildman–Crippen LogP) is 2.26. The fourth-order valence-corrected chi connectivity index (χ4v) is 2.93. The molecule has 1 aliphatic carbocycles. The Bertz CT molecular complexity index is 448. The molecule has 5 heteroatoms. The number of hydrogen-bond acceptors (Lipinski definition) is 3. The van der Waals surface area contributed by atoms with Crippen molar-refractivity contribution in [1.82, 2.24) is 9.55 Å². The molecule has 0 unspecified atom stereocenters. The molecule has 1 aliphatic rings. The number of aromatic nitrogens is 2. The molecule has 0 aliphatic heterocycles. The summed E-state index contributed by atoms with van der Waals surface area (Å²) in [5, 5.41) is 0. The Morgan fingerprint density at radius 2 is 2.31 bits per heavy atom. The van der Waals surface area contributed by atoms with Gasteiger partial charge in [-0.15, -0.1) is 0 Å². The highest BCUT2D eigenvalue weighted by molar-refractivity contribution is 14.1. The first-order valence-electron chi connectivity index (χ1n) is 5.40. The fraction of sp³-hybridized carbons (Fsp3) is 0.636. The predicted molar refractivity (Wildman–Crippen MR) is 76.1 cm³/mol. The summed E-state index contributed by atoms with van der Waals surface area (Å²) < 4.78 is 2.47. The van der Waals surface area contributed by atoms with Crippen LogP contribution in [-0.4, -0.2) is 15.3 Å². The highest BCUT2D eigenvalue weighted by Gasteiger charge is 2.36. The van der Waals surface area contributed by atoms with E-state index in [2.05, 4.69) is 40.2 Å². The summed E-state index contributed by atoms with van der Waals surface area (Å²) in [5.41, 5.74) is 1.13. The summed E-state index contributed by atoms with van der Waals surface area (Å²) >= 11 is 6.48. The van der Waals surface area contributed by atoms with Gasteiger partial charge >= 0.3 is 0 Å². The molecule has 0 amide bonds. The minimum Gasteiger partial charge on any atom is -0.298 e. The Hall–Kier alpha value is -0.0400. The quantitative estimate of drug-likeness (QED) is 0.670. The van der Waals surface area contributed by atoms with Gasteiger partial charge in [0.25, 0.3) is 5.56 Å². The van der Waals surface area contributed by atoms with E-state index >= 15 is 0 Å². The average molecular weight is 350 g/mol. The summed E-state index contributed by atoms with van der Waals surface area (Å²) in [6.07, 6.45) is 5.27. The highest BCUT2D eigenvalue weighted by Crippen LogP contribution is 2.42. The Labute approximate surface area is 114 Å².